The van der Waals surface area contributed by atoms with E-state index >= 15 is 0 Å². The number of carbonyl (C=O) groups excluding carboxylic acids is 2. The fourth-order valence-corrected chi connectivity index (χ4v) is 1.48. The molecule has 94 valence electrons. The predicted octanol–water partition coefficient (Wildman–Crippen LogP) is 2.51. The number of hydrogen-bond acceptors (Lipinski definition) is 4. The van der Waals surface area contributed by atoms with E-state index in [-0.39, 0.29) is 7.43 Å². The lowest BCUT2D eigenvalue weighted by Gasteiger charge is -2.10. The van der Waals surface area contributed by atoms with Crippen molar-refractivity contribution in [1.29, 1.82) is 0 Å². The van der Waals surface area contributed by atoms with E-state index in [1.165, 1.54) is 14.2 Å². The summed E-state index contributed by atoms with van der Waals surface area (Å²) >= 11 is 0. The van der Waals surface area contributed by atoms with Gasteiger partial charge in [0.1, 0.15) is 0 Å². The number of hydrogen-bond donors (Lipinski definition) is 0. The zero-order chi connectivity index (χ0) is 12.3. The lowest BCUT2D eigenvalue weighted by molar-refractivity contribution is 0.0585. The monoisotopic (exact) mass is 238 g/mol. The van der Waals surface area contributed by atoms with Crippen molar-refractivity contribution >= 4 is 11.9 Å². The van der Waals surface area contributed by atoms with Gasteiger partial charge >= 0.3 is 11.9 Å². The molecule has 1 aromatic rings. The maximum absolute atomic E-state index is 11.4. The van der Waals surface area contributed by atoms with Gasteiger partial charge in [0.25, 0.3) is 0 Å². The van der Waals surface area contributed by atoms with Crippen molar-refractivity contribution in [2.24, 2.45) is 0 Å². The molecule has 0 N–H and O–H groups in total. The minimum Gasteiger partial charge on any atom is -0.465 e. The van der Waals surface area contributed by atoms with Crippen LogP contribution in [-0.4, -0.2) is 26.2 Å². The van der Waals surface area contributed by atoms with E-state index in [1.807, 2.05) is 0 Å². The van der Waals surface area contributed by atoms with E-state index in [9.17, 15) is 9.59 Å². The Bertz CT molecular complexity index is 394. The second kappa shape index (κ2) is 6.03. The Morgan fingerprint density at radius 1 is 0.882 bits per heavy atom. The molecule has 0 aliphatic rings. The number of carbonyl (C=O) groups is 2. The summed E-state index contributed by atoms with van der Waals surface area (Å²) in [5.41, 5.74) is 2.39. The molecule has 0 amide bonds. The SMILES string of the molecule is C.COC(=O)c1ccc(C(=O)OC)c(C)c1C. The van der Waals surface area contributed by atoms with E-state index in [1.54, 1.807) is 26.0 Å². The van der Waals surface area contributed by atoms with Gasteiger partial charge in [-0.25, -0.2) is 9.59 Å². The Labute approximate surface area is 102 Å². The van der Waals surface area contributed by atoms with Crippen LogP contribution in [0, 0.1) is 13.8 Å². The standard InChI is InChI=1S/C12H14O4.CH4/c1-7-8(2)10(12(14)16-4)6-5-9(7)11(13)15-3;/h5-6H,1-4H3;1H4. The van der Waals surface area contributed by atoms with Crippen molar-refractivity contribution in [2.75, 3.05) is 14.2 Å². The highest BCUT2D eigenvalue weighted by atomic mass is 16.5. The molecule has 0 aliphatic heterocycles. The minimum atomic E-state index is -0.406. The van der Waals surface area contributed by atoms with Gasteiger partial charge in [-0.3, -0.25) is 0 Å². The predicted molar refractivity (Wildman–Crippen MR) is 65.3 cm³/mol. The zero-order valence-electron chi connectivity index (χ0n) is 9.79. The third-order valence-electron chi connectivity index (χ3n) is 2.60. The average Bonchev–Trinajstić information content (AvgIpc) is 2.30. The molecule has 0 saturated heterocycles. The summed E-state index contributed by atoms with van der Waals surface area (Å²) in [6.45, 7) is 3.54. The first kappa shape index (κ1) is 15.2. The molecule has 4 nitrogen and oxygen atoms in total. The molecular weight excluding hydrogens is 220 g/mol. The van der Waals surface area contributed by atoms with Crippen LogP contribution in [0.2, 0.25) is 0 Å². The Morgan fingerprint density at radius 3 is 1.41 bits per heavy atom. The van der Waals surface area contributed by atoms with Gasteiger partial charge in [0.15, 0.2) is 0 Å². The quantitative estimate of drug-likeness (QED) is 0.743. The van der Waals surface area contributed by atoms with Gasteiger partial charge < -0.3 is 9.47 Å². The molecule has 0 atom stereocenters. The highest BCUT2D eigenvalue weighted by Gasteiger charge is 2.16. The van der Waals surface area contributed by atoms with Gasteiger partial charge in [-0.15, -0.1) is 0 Å². The molecule has 0 bridgehead atoms. The van der Waals surface area contributed by atoms with Gasteiger partial charge in [0, 0.05) is 0 Å². The second-order valence-corrected chi connectivity index (χ2v) is 3.39. The first-order valence-electron chi connectivity index (χ1n) is 4.79. The lowest BCUT2D eigenvalue weighted by Crippen LogP contribution is -2.10. The first-order valence-corrected chi connectivity index (χ1v) is 4.79. The smallest absolute Gasteiger partial charge is 0.338 e. The number of esters is 2. The van der Waals surface area contributed by atoms with Gasteiger partial charge in [-0.2, -0.15) is 0 Å². The Morgan fingerprint density at radius 2 is 1.18 bits per heavy atom. The second-order valence-electron chi connectivity index (χ2n) is 3.39. The Balaban J connectivity index is 0.00000256. The molecule has 0 radical (unpaired) electrons. The molecule has 1 aromatic carbocycles. The molecule has 0 unspecified atom stereocenters. The molecule has 1 rings (SSSR count). The molecule has 4 heteroatoms. The van der Waals surface area contributed by atoms with Crippen LogP contribution in [0.5, 0.6) is 0 Å². The van der Waals surface area contributed by atoms with Crippen molar-refractivity contribution in [2.45, 2.75) is 21.3 Å². The number of benzene rings is 1. The molecule has 0 aliphatic carbocycles. The average molecular weight is 238 g/mol. The van der Waals surface area contributed by atoms with Crippen LogP contribution < -0.4 is 0 Å². The molecule has 0 saturated carbocycles. The summed E-state index contributed by atoms with van der Waals surface area (Å²) in [5, 5.41) is 0. The number of methoxy groups -OCH3 is 2. The van der Waals surface area contributed by atoms with Gasteiger partial charge in [-0.05, 0) is 37.1 Å². The molecule has 0 heterocycles. The van der Waals surface area contributed by atoms with Crippen LogP contribution in [0.3, 0.4) is 0 Å². The Kier molecular flexibility index (Phi) is 5.38. The first-order chi connectivity index (χ1) is 7.52. The zero-order valence-corrected chi connectivity index (χ0v) is 9.79. The fraction of sp³-hybridized carbons (Fsp3) is 0.385. The number of ether oxygens (including phenoxy) is 2. The van der Waals surface area contributed by atoms with Crippen LogP contribution in [0.25, 0.3) is 0 Å². The van der Waals surface area contributed by atoms with Crippen molar-refractivity contribution < 1.29 is 19.1 Å². The highest BCUT2D eigenvalue weighted by molar-refractivity contribution is 5.96. The van der Waals surface area contributed by atoms with E-state index in [0.29, 0.717) is 11.1 Å². The Hall–Kier alpha value is -1.84. The van der Waals surface area contributed by atoms with E-state index in [4.69, 9.17) is 0 Å². The summed E-state index contributed by atoms with van der Waals surface area (Å²) in [5.74, 6) is -0.811. The highest BCUT2D eigenvalue weighted by Crippen LogP contribution is 2.19. The summed E-state index contributed by atoms with van der Waals surface area (Å²) in [4.78, 5) is 22.8. The summed E-state index contributed by atoms with van der Waals surface area (Å²) in [6, 6.07) is 3.14. The topological polar surface area (TPSA) is 52.6 Å². The van der Waals surface area contributed by atoms with Gasteiger partial charge in [-0.1, -0.05) is 7.43 Å². The normalized spacial score (nSPS) is 9.18. The summed E-state index contributed by atoms with van der Waals surface area (Å²) in [6.07, 6.45) is 0. The largest absolute Gasteiger partial charge is 0.465 e. The summed E-state index contributed by atoms with van der Waals surface area (Å²) < 4.78 is 9.29. The molecule has 17 heavy (non-hydrogen) atoms. The maximum atomic E-state index is 11.4. The van der Waals surface area contributed by atoms with Crippen LogP contribution in [0.4, 0.5) is 0 Å². The van der Waals surface area contributed by atoms with Gasteiger partial charge in [0.05, 0.1) is 25.3 Å². The molecule has 0 fully saturated rings. The molecule has 0 aromatic heterocycles. The third-order valence-corrected chi connectivity index (χ3v) is 2.60. The van der Waals surface area contributed by atoms with E-state index in [0.717, 1.165) is 11.1 Å². The van der Waals surface area contributed by atoms with Crippen molar-refractivity contribution in [3.05, 3.63) is 34.4 Å². The van der Waals surface area contributed by atoms with E-state index < -0.39 is 11.9 Å². The van der Waals surface area contributed by atoms with E-state index in [2.05, 4.69) is 9.47 Å². The minimum absolute atomic E-state index is 0. The van der Waals surface area contributed by atoms with Crippen molar-refractivity contribution in [3.8, 4) is 0 Å². The lowest BCUT2D eigenvalue weighted by atomic mass is 9.98. The van der Waals surface area contributed by atoms with Crippen LogP contribution in [-0.2, 0) is 9.47 Å². The fourth-order valence-electron chi connectivity index (χ4n) is 1.48. The van der Waals surface area contributed by atoms with Crippen molar-refractivity contribution in [3.63, 3.8) is 0 Å². The molecular formula is C13H18O4. The molecule has 0 spiro atoms. The third kappa shape index (κ3) is 2.84. The van der Waals surface area contributed by atoms with Crippen molar-refractivity contribution in [1.82, 2.24) is 0 Å². The summed E-state index contributed by atoms with van der Waals surface area (Å²) in [7, 11) is 2.65. The number of rotatable bonds is 2. The van der Waals surface area contributed by atoms with Gasteiger partial charge in [0.2, 0.25) is 0 Å². The van der Waals surface area contributed by atoms with Crippen LogP contribution >= 0.6 is 0 Å². The maximum Gasteiger partial charge on any atom is 0.338 e. The van der Waals surface area contributed by atoms with Crippen LogP contribution in [0.1, 0.15) is 39.3 Å². The van der Waals surface area contributed by atoms with Crippen LogP contribution in [0.15, 0.2) is 12.1 Å².